The van der Waals surface area contributed by atoms with Crippen LogP contribution in [0.2, 0.25) is 0 Å². The maximum atomic E-state index is 12.4. The summed E-state index contributed by atoms with van der Waals surface area (Å²) in [6.07, 6.45) is 5.06. The molecule has 26 heavy (non-hydrogen) atoms. The van der Waals surface area contributed by atoms with Gasteiger partial charge in [0, 0.05) is 23.9 Å². The standard InChI is InChI=1S/C18H24N2O5S/c21-13-18(9-2-1-3-10-18)12-19-17(23)14-4-6-15(7-5-14)20-16(22)8-11-26(20,24)25/h4-7,21H,1-3,8-13H2,(H,19,23). The van der Waals surface area contributed by atoms with Crippen molar-refractivity contribution in [1.29, 1.82) is 0 Å². The van der Waals surface area contributed by atoms with E-state index in [1.165, 1.54) is 24.3 Å². The number of anilines is 1. The molecule has 1 aromatic carbocycles. The lowest BCUT2D eigenvalue weighted by atomic mass is 9.74. The van der Waals surface area contributed by atoms with Gasteiger partial charge in [-0.15, -0.1) is 0 Å². The second-order valence-electron chi connectivity index (χ2n) is 7.17. The zero-order valence-electron chi connectivity index (χ0n) is 14.6. The molecule has 2 fully saturated rings. The quantitative estimate of drug-likeness (QED) is 0.804. The lowest BCUT2D eigenvalue weighted by Gasteiger charge is -2.35. The lowest BCUT2D eigenvalue weighted by Crippen LogP contribution is -2.41. The highest BCUT2D eigenvalue weighted by molar-refractivity contribution is 7.94. The van der Waals surface area contributed by atoms with Gasteiger partial charge in [-0.2, -0.15) is 0 Å². The fraction of sp³-hybridized carbons (Fsp3) is 0.556. The van der Waals surface area contributed by atoms with E-state index in [9.17, 15) is 23.1 Å². The molecule has 3 rings (SSSR count). The van der Waals surface area contributed by atoms with Crippen molar-refractivity contribution in [3.63, 3.8) is 0 Å². The molecule has 0 bridgehead atoms. The molecular formula is C18H24N2O5S. The van der Waals surface area contributed by atoms with Gasteiger partial charge in [-0.3, -0.25) is 9.59 Å². The molecule has 7 nitrogen and oxygen atoms in total. The molecule has 1 aromatic rings. The number of nitrogens with one attached hydrogen (secondary N) is 1. The Labute approximate surface area is 153 Å². The number of sulfonamides is 1. The number of rotatable bonds is 5. The van der Waals surface area contributed by atoms with Crippen molar-refractivity contribution in [2.24, 2.45) is 5.41 Å². The first-order valence-electron chi connectivity index (χ1n) is 8.92. The van der Waals surface area contributed by atoms with Gasteiger partial charge in [-0.25, -0.2) is 12.7 Å². The van der Waals surface area contributed by atoms with Gasteiger partial charge in [0.05, 0.1) is 18.0 Å². The molecule has 1 heterocycles. The molecule has 1 saturated heterocycles. The molecule has 0 unspecified atom stereocenters. The molecule has 1 aliphatic carbocycles. The SMILES string of the molecule is O=C(NCC1(CO)CCCCC1)c1ccc(N2C(=O)CCS2(=O)=O)cc1. The third kappa shape index (κ3) is 3.76. The summed E-state index contributed by atoms with van der Waals surface area (Å²) in [5.41, 5.74) is 0.397. The maximum absolute atomic E-state index is 12.4. The Hall–Kier alpha value is -1.93. The molecule has 2 aliphatic rings. The normalized spacial score (nSPS) is 21.6. The molecule has 8 heteroatoms. The summed E-state index contributed by atoms with van der Waals surface area (Å²) < 4.78 is 24.7. The first-order valence-corrected chi connectivity index (χ1v) is 10.5. The third-order valence-electron chi connectivity index (χ3n) is 5.32. The minimum Gasteiger partial charge on any atom is -0.396 e. The number of benzene rings is 1. The van der Waals surface area contributed by atoms with Gasteiger partial charge in [-0.1, -0.05) is 19.3 Å². The van der Waals surface area contributed by atoms with E-state index in [0.717, 1.165) is 36.4 Å². The van der Waals surface area contributed by atoms with Crippen LogP contribution < -0.4 is 9.62 Å². The molecule has 1 aliphatic heterocycles. The predicted octanol–water partition coefficient (Wildman–Crippen LogP) is 1.43. The molecule has 1 saturated carbocycles. The van der Waals surface area contributed by atoms with Crippen LogP contribution in [-0.4, -0.2) is 44.2 Å². The molecule has 142 valence electrons. The fourth-order valence-corrected chi connectivity index (χ4v) is 5.14. The molecule has 0 atom stereocenters. The van der Waals surface area contributed by atoms with Gasteiger partial charge in [0.15, 0.2) is 0 Å². The molecule has 0 radical (unpaired) electrons. The Kier molecular flexibility index (Phi) is 5.34. The Bertz CT molecular complexity index is 782. The highest BCUT2D eigenvalue weighted by Crippen LogP contribution is 2.35. The highest BCUT2D eigenvalue weighted by Gasteiger charge is 2.36. The highest BCUT2D eigenvalue weighted by atomic mass is 32.2. The Morgan fingerprint density at radius 1 is 1.15 bits per heavy atom. The topological polar surface area (TPSA) is 104 Å². The van der Waals surface area contributed by atoms with E-state index in [-0.39, 0.29) is 35.8 Å². The average molecular weight is 380 g/mol. The predicted molar refractivity (Wildman–Crippen MR) is 97.3 cm³/mol. The van der Waals surface area contributed by atoms with Gasteiger partial charge in [0.25, 0.3) is 5.91 Å². The summed E-state index contributed by atoms with van der Waals surface area (Å²) in [6.45, 7) is 0.476. The minimum atomic E-state index is -3.60. The van der Waals surface area contributed by atoms with Crippen LogP contribution in [0.25, 0.3) is 0 Å². The van der Waals surface area contributed by atoms with Gasteiger partial charge in [0.1, 0.15) is 0 Å². The van der Waals surface area contributed by atoms with Crippen LogP contribution in [0, 0.1) is 5.41 Å². The maximum Gasteiger partial charge on any atom is 0.251 e. The van der Waals surface area contributed by atoms with E-state index in [1.54, 1.807) is 0 Å². The van der Waals surface area contributed by atoms with Gasteiger partial charge >= 0.3 is 0 Å². The summed E-state index contributed by atoms with van der Waals surface area (Å²) in [7, 11) is -3.60. The smallest absolute Gasteiger partial charge is 0.251 e. The Balaban J connectivity index is 1.66. The first-order chi connectivity index (χ1) is 12.4. The van der Waals surface area contributed by atoms with Gasteiger partial charge in [-0.05, 0) is 37.1 Å². The van der Waals surface area contributed by atoms with Crippen molar-refractivity contribution in [2.75, 3.05) is 23.2 Å². The molecule has 2 N–H and O–H groups in total. The van der Waals surface area contributed by atoms with E-state index in [2.05, 4.69) is 5.32 Å². The number of hydrogen-bond acceptors (Lipinski definition) is 5. The van der Waals surface area contributed by atoms with Crippen LogP contribution in [0.5, 0.6) is 0 Å². The van der Waals surface area contributed by atoms with Crippen LogP contribution in [0.1, 0.15) is 48.9 Å². The van der Waals surface area contributed by atoms with Crippen molar-refractivity contribution in [1.82, 2.24) is 5.32 Å². The Morgan fingerprint density at radius 2 is 1.81 bits per heavy atom. The number of amides is 2. The number of nitrogens with zero attached hydrogens (tertiary/aromatic N) is 1. The van der Waals surface area contributed by atoms with Crippen LogP contribution in [0.4, 0.5) is 5.69 Å². The van der Waals surface area contributed by atoms with Crippen molar-refractivity contribution >= 4 is 27.5 Å². The second-order valence-corrected chi connectivity index (χ2v) is 9.11. The molecule has 0 spiro atoms. The largest absolute Gasteiger partial charge is 0.396 e. The molecular weight excluding hydrogens is 356 g/mol. The van der Waals surface area contributed by atoms with Crippen molar-refractivity contribution in [2.45, 2.75) is 38.5 Å². The van der Waals surface area contributed by atoms with Crippen LogP contribution in [0.15, 0.2) is 24.3 Å². The van der Waals surface area contributed by atoms with E-state index < -0.39 is 15.9 Å². The van der Waals surface area contributed by atoms with Gasteiger partial charge in [0.2, 0.25) is 15.9 Å². The zero-order valence-corrected chi connectivity index (χ0v) is 15.4. The number of aliphatic hydroxyl groups is 1. The molecule has 2 amide bonds. The van der Waals surface area contributed by atoms with E-state index in [4.69, 9.17) is 0 Å². The summed E-state index contributed by atoms with van der Waals surface area (Å²) in [5, 5.41) is 12.6. The zero-order chi connectivity index (χ0) is 18.8. The van der Waals surface area contributed by atoms with Crippen LogP contribution >= 0.6 is 0 Å². The Morgan fingerprint density at radius 3 is 2.35 bits per heavy atom. The van der Waals surface area contributed by atoms with Crippen LogP contribution in [-0.2, 0) is 14.8 Å². The second kappa shape index (κ2) is 7.36. The third-order valence-corrected chi connectivity index (χ3v) is 7.01. The monoisotopic (exact) mass is 380 g/mol. The van der Waals surface area contributed by atoms with Crippen molar-refractivity contribution in [3.8, 4) is 0 Å². The number of hydrogen-bond donors (Lipinski definition) is 2. The number of carbonyl (C=O) groups is 2. The average Bonchev–Trinajstić information content (AvgIpc) is 2.93. The lowest BCUT2D eigenvalue weighted by molar-refractivity contribution is -0.116. The minimum absolute atomic E-state index is 0.0200. The summed E-state index contributed by atoms with van der Waals surface area (Å²) in [5.74, 6) is -0.910. The van der Waals surface area contributed by atoms with Gasteiger partial charge < -0.3 is 10.4 Å². The summed E-state index contributed by atoms with van der Waals surface area (Å²) in [4.78, 5) is 24.2. The van der Waals surface area contributed by atoms with E-state index >= 15 is 0 Å². The number of carbonyl (C=O) groups excluding carboxylic acids is 2. The summed E-state index contributed by atoms with van der Waals surface area (Å²) >= 11 is 0. The summed E-state index contributed by atoms with van der Waals surface area (Å²) in [6, 6.07) is 5.97. The molecule has 0 aromatic heterocycles. The fourth-order valence-electron chi connectivity index (χ4n) is 3.68. The van der Waals surface area contributed by atoms with Crippen molar-refractivity contribution in [3.05, 3.63) is 29.8 Å². The van der Waals surface area contributed by atoms with Crippen LogP contribution in [0.3, 0.4) is 0 Å². The number of aliphatic hydroxyl groups excluding tert-OH is 1. The first kappa shape index (κ1) is 18.8. The van der Waals surface area contributed by atoms with Crippen molar-refractivity contribution < 1.29 is 23.1 Å². The van der Waals surface area contributed by atoms with E-state index in [1.807, 2.05) is 0 Å². The van der Waals surface area contributed by atoms with E-state index in [0.29, 0.717) is 12.1 Å².